The van der Waals surface area contributed by atoms with Crippen LogP contribution in [0.4, 0.5) is 13.2 Å². The maximum absolute atomic E-state index is 13.5. The summed E-state index contributed by atoms with van der Waals surface area (Å²) in [7, 11) is 0. The van der Waals surface area contributed by atoms with Gasteiger partial charge in [0.2, 0.25) is 5.91 Å². The monoisotopic (exact) mass is 364 g/mol. The van der Waals surface area contributed by atoms with Crippen molar-refractivity contribution in [1.29, 1.82) is 0 Å². The van der Waals surface area contributed by atoms with Gasteiger partial charge in [-0.05, 0) is 36.6 Å². The number of benzene rings is 2. The molecule has 0 heterocycles. The second kappa shape index (κ2) is 9.60. The lowest BCUT2D eigenvalue weighted by atomic mass is 10.1. The number of nitrogens with one attached hydrogen (secondary N) is 2. The van der Waals surface area contributed by atoms with E-state index in [1.54, 1.807) is 18.2 Å². The molecular weight excluding hydrogens is 345 g/mol. The minimum atomic E-state index is -0.937. The van der Waals surface area contributed by atoms with Crippen molar-refractivity contribution >= 4 is 11.8 Å². The summed E-state index contributed by atoms with van der Waals surface area (Å²) in [5.41, 5.74) is 0.280. The van der Waals surface area contributed by atoms with Crippen LogP contribution >= 0.6 is 0 Å². The van der Waals surface area contributed by atoms with Gasteiger partial charge in [0.25, 0.3) is 5.91 Å². The molecule has 0 radical (unpaired) electrons. The van der Waals surface area contributed by atoms with E-state index in [-0.39, 0.29) is 30.3 Å². The maximum Gasteiger partial charge on any atom is 0.254 e. The molecule has 0 unspecified atom stereocenters. The average Bonchev–Trinajstić information content (AvgIpc) is 2.60. The molecule has 0 aliphatic rings. The predicted octanol–water partition coefficient (Wildman–Crippen LogP) is 2.97. The smallest absolute Gasteiger partial charge is 0.254 e. The van der Waals surface area contributed by atoms with Crippen LogP contribution in [-0.2, 0) is 11.2 Å². The lowest BCUT2D eigenvalue weighted by molar-refractivity contribution is -0.121. The van der Waals surface area contributed by atoms with Gasteiger partial charge in [-0.3, -0.25) is 9.59 Å². The van der Waals surface area contributed by atoms with Crippen LogP contribution in [0.2, 0.25) is 0 Å². The van der Waals surface area contributed by atoms with E-state index in [1.807, 2.05) is 0 Å². The van der Waals surface area contributed by atoms with E-state index in [1.165, 1.54) is 6.07 Å². The Hall–Kier alpha value is -2.83. The van der Waals surface area contributed by atoms with E-state index in [2.05, 4.69) is 10.6 Å². The number of rotatable bonds is 8. The zero-order chi connectivity index (χ0) is 18.9. The van der Waals surface area contributed by atoms with Crippen molar-refractivity contribution in [3.8, 4) is 0 Å². The lowest BCUT2D eigenvalue weighted by Gasteiger charge is -2.08. The molecule has 0 fully saturated rings. The van der Waals surface area contributed by atoms with Crippen LogP contribution in [-0.4, -0.2) is 24.9 Å². The molecule has 2 N–H and O–H groups in total. The summed E-state index contributed by atoms with van der Waals surface area (Å²) in [6, 6.07) is 9.06. The van der Waals surface area contributed by atoms with E-state index >= 15 is 0 Å². The topological polar surface area (TPSA) is 58.2 Å². The van der Waals surface area contributed by atoms with Crippen molar-refractivity contribution in [3.05, 3.63) is 71.0 Å². The summed E-state index contributed by atoms with van der Waals surface area (Å²) in [6.45, 7) is 0.489. The first-order valence-corrected chi connectivity index (χ1v) is 8.20. The van der Waals surface area contributed by atoms with Gasteiger partial charge in [0.15, 0.2) is 0 Å². The van der Waals surface area contributed by atoms with Crippen molar-refractivity contribution in [1.82, 2.24) is 10.6 Å². The van der Waals surface area contributed by atoms with Crippen LogP contribution < -0.4 is 10.6 Å². The number of carbonyl (C=O) groups is 2. The van der Waals surface area contributed by atoms with Crippen molar-refractivity contribution in [2.45, 2.75) is 19.3 Å². The third-order valence-electron chi connectivity index (χ3n) is 3.72. The molecule has 0 saturated heterocycles. The molecule has 138 valence electrons. The standard InChI is InChI=1S/C19H19F3N2O2/c20-14-7-8-15(17(22)12-14)19(26)24-10-3-6-18(25)23-11-9-13-4-1-2-5-16(13)21/h1-2,4-5,7-8,12H,3,6,9-11H2,(H,23,25)(H,24,26). The number of amides is 2. The molecule has 0 aliphatic carbocycles. The summed E-state index contributed by atoms with van der Waals surface area (Å²) in [5.74, 6) is -2.89. The fourth-order valence-electron chi connectivity index (χ4n) is 2.35. The molecule has 4 nitrogen and oxygen atoms in total. The quantitative estimate of drug-likeness (QED) is 0.708. The van der Waals surface area contributed by atoms with Gasteiger partial charge in [-0.25, -0.2) is 13.2 Å². The molecule has 7 heteroatoms. The predicted molar refractivity (Wildman–Crippen MR) is 91.0 cm³/mol. The molecule has 0 spiro atoms. The normalized spacial score (nSPS) is 10.4. The van der Waals surface area contributed by atoms with Crippen LogP contribution in [0.25, 0.3) is 0 Å². The van der Waals surface area contributed by atoms with Gasteiger partial charge in [-0.15, -0.1) is 0 Å². The highest BCUT2D eigenvalue weighted by Gasteiger charge is 2.12. The second-order valence-electron chi connectivity index (χ2n) is 5.67. The summed E-state index contributed by atoms with van der Waals surface area (Å²) >= 11 is 0. The Morgan fingerprint density at radius 2 is 1.65 bits per heavy atom. The van der Waals surface area contributed by atoms with Crippen molar-refractivity contribution in [2.24, 2.45) is 0 Å². The Labute approximate surface area is 149 Å². The van der Waals surface area contributed by atoms with Crippen molar-refractivity contribution in [3.63, 3.8) is 0 Å². The van der Waals surface area contributed by atoms with Crippen LogP contribution in [0.5, 0.6) is 0 Å². The van der Waals surface area contributed by atoms with Crippen molar-refractivity contribution in [2.75, 3.05) is 13.1 Å². The van der Waals surface area contributed by atoms with E-state index in [0.717, 1.165) is 12.1 Å². The molecule has 0 aromatic heterocycles. The first kappa shape index (κ1) is 19.5. The first-order valence-electron chi connectivity index (χ1n) is 8.20. The minimum Gasteiger partial charge on any atom is -0.356 e. The van der Waals surface area contributed by atoms with Gasteiger partial charge in [-0.2, -0.15) is 0 Å². The molecule has 0 aliphatic heterocycles. The highest BCUT2D eigenvalue weighted by molar-refractivity contribution is 5.94. The van der Waals surface area contributed by atoms with Crippen LogP contribution in [0.1, 0.15) is 28.8 Å². The zero-order valence-corrected chi connectivity index (χ0v) is 14.0. The molecule has 2 amide bonds. The van der Waals surface area contributed by atoms with E-state index in [0.29, 0.717) is 31.0 Å². The van der Waals surface area contributed by atoms with Gasteiger partial charge in [0.1, 0.15) is 17.5 Å². The highest BCUT2D eigenvalue weighted by atomic mass is 19.1. The molecule has 2 aromatic rings. The first-order chi connectivity index (χ1) is 12.5. The number of halogens is 3. The Morgan fingerprint density at radius 3 is 2.38 bits per heavy atom. The molecule has 0 bridgehead atoms. The fourth-order valence-corrected chi connectivity index (χ4v) is 2.35. The molecule has 26 heavy (non-hydrogen) atoms. The summed E-state index contributed by atoms with van der Waals surface area (Å²) in [5, 5.41) is 5.15. The lowest BCUT2D eigenvalue weighted by Crippen LogP contribution is -2.29. The van der Waals surface area contributed by atoms with E-state index in [4.69, 9.17) is 0 Å². The molecule has 0 saturated carbocycles. The molecule has 2 rings (SSSR count). The van der Waals surface area contributed by atoms with Crippen LogP contribution in [0.15, 0.2) is 42.5 Å². The van der Waals surface area contributed by atoms with Crippen molar-refractivity contribution < 1.29 is 22.8 Å². The van der Waals surface area contributed by atoms with E-state index < -0.39 is 17.5 Å². The summed E-state index contributed by atoms with van der Waals surface area (Å²) in [4.78, 5) is 23.5. The Morgan fingerprint density at radius 1 is 0.885 bits per heavy atom. The highest BCUT2D eigenvalue weighted by Crippen LogP contribution is 2.09. The third kappa shape index (κ3) is 5.91. The fraction of sp³-hybridized carbons (Fsp3) is 0.263. The molecular formula is C19H19F3N2O2. The van der Waals surface area contributed by atoms with Gasteiger partial charge < -0.3 is 10.6 Å². The number of hydrogen-bond donors (Lipinski definition) is 2. The Bertz CT molecular complexity index is 781. The van der Waals surface area contributed by atoms with Gasteiger partial charge in [0, 0.05) is 25.6 Å². The third-order valence-corrected chi connectivity index (χ3v) is 3.72. The van der Waals surface area contributed by atoms with Gasteiger partial charge >= 0.3 is 0 Å². The number of hydrogen-bond acceptors (Lipinski definition) is 2. The van der Waals surface area contributed by atoms with Crippen LogP contribution in [0, 0.1) is 17.5 Å². The van der Waals surface area contributed by atoms with Crippen LogP contribution in [0.3, 0.4) is 0 Å². The Kier molecular flexibility index (Phi) is 7.20. The SMILES string of the molecule is O=C(CCCNC(=O)c1ccc(F)cc1F)NCCc1ccccc1F. The largest absolute Gasteiger partial charge is 0.356 e. The zero-order valence-electron chi connectivity index (χ0n) is 14.0. The number of carbonyl (C=O) groups excluding carboxylic acids is 2. The molecule has 0 atom stereocenters. The Balaban J connectivity index is 1.64. The van der Waals surface area contributed by atoms with Gasteiger partial charge in [0.05, 0.1) is 5.56 Å². The summed E-state index contributed by atoms with van der Waals surface area (Å²) in [6.07, 6.45) is 0.919. The molecule has 2 aromatic carbocycles. The average molecular weight is 364 g/mol. The maximum atomic E-state index is 13.5. The minimum absolute atomic E-state index is 0.170. The summed E-state index contributed by atoms with van der Waals surface area (Å²) < 4.78 is 39.7. The van der Waals surface area contributed by atoms with E-state index in [9.17, 15) is 22.8 Å². The second-order valence-corrected chi connectivity index (χ2v) is 5.67. The van der Waals surface area contributed by atoms with Gasteiger partial charge in [-0.1, -0.05) is 18.2 Å².